The van der Waals surface area contributed by atoms with Crippen LogP contribution in [0.4, 0.5) is 0 Å². The van der Waals surface area contributed by atoms with Gasteiger partial charge in [-0.3, -0.25) is 0 Å². The van der Waals surface area contributed by atoms with Gasteiger partial charge in [0.25, 0.3) is 0 Å². The van der Waals surface area contributed by atoms with Gasteiger partial charge in [0.05, 0.1) is 5.60 Å². The van der Waals surface area contributed by atoms with Gasteiger partial charge in [-0.2, -0.15) is 0 Å². The third-order valence-electron chi connectivity index (χ3n) is 5.61. The first kappa shape index (κ1) is 13.2. The summed E-state index contributed by atoms with van der Waals surface area (Å²) >= 11 is 0. The normalized spacial score (nSPS) is 34.3. The van der Waals surface area contributed by atoms with Crippen molar-refractivity contribution in [2.24, 2.45) is 11.8 Å². The zero-order chi connectivity index (χ0) is 13.5. The van der Waals surface area contributed by atoms with Crippen LogP contribution in [0.1, 0.15) is 62.1 Å². The molecule has 2 aliphatic carbocycles. The third kappa shape index (κ3) is 2.23. The Morgan fingerprint density at radius 2 is 1.95 bits per heavy atom. The zero-order valence-corrected chi connectivity index (χ0v) is 12.3. The second kappa shape index (κ2) is 4.94. The lowest BCUT2D eigenvalue weighted by molar-refractivity contribution is -0.0425. The van der Waals surface area contributed by atoms with E-state index in [0.717, 1.165) is 18.8 Å². The van der Waals surface area contributed by atoms with E-state index in [1.165, 1.54) is 48.8 Å². The molecule has 0 heterocycles. The topological polar surface area (TPSA) is 20.2 Å². The first-order chi connectivity index (χ1) is 9.13. The van der Waals surface area contributed by atoms with Crippen LogP contribution in [0.2, 0.25) is 0 Å². The van der Waals surface area contributed by atoms with Crippen molar-refractivity contribution in [2.75, 3.05) is 0 Å². The molecule has 1 unspecified atom stereocenters. The number of fused-ring (bicyclic) bond motifs is 1. The summed E-state index contributed by atoms with van der Waals surface area (Å²) in [6.45, 7) is 4.43. The van der Waals surface area contributed by atoms with Gasteiger partial charge in [0.2, 0.25) is 0 Å². The van der Waals surface area contributed by atoms with Crippen LogP contribution in [0.5, 0.6) is 0 Å². The molecule has 1 fully saturated rings. The summed E-state index contributed by atoms with van der Waals surface area (Å²) in [6.07, 6.45) is 8.34. The second-order valence-electron chi connectivity index (χ2n) is 6.71. The molecular formula is C18H26O. The van der Waals surface area contributed by atoms with Crippen molar-refractivity contribution in [2.45, 2.75) is 64.4 Å². The Hall–Kier alpha value is -0.820. The van der Waals surface area contributed by atoms with Crippen LogP contribution in [0.15, 0.2) is 18.2 Å². The molecule has 3 rings (SSSR count). The van der Waals surface area contributed by atoms with Gasteiger partial charge in [0.15, 0.2) is 0 Å². The molecule has 1 N–H and O–H groups in total. The van der Waals surface area contributed by atoms with E-state index in [1.807, 2.05) is 0 Å². The van der Waals surface area contributed by atoms with Gasteiger partial charge >= 0.3 is 0 Å². The molecule has 104 valence electrons. The van der Waals surface area contributed by atoms with Crippen LogP contribution in [0.3, 0.4) is 0 Å². The highest BCUT2D eigenvalue weighted by atomic mass is 16.3. The number of benzene rings is 1. The van der Waals surface area contributed by atoms with Crippen LogP contribution in [0, 0.1) is 18.8 Å². The molecular weight excluding hydrogens is 232 g/mol. The molecule has 1 atom stereocenters. The van der Waals surface area contributed by atoms with Crippen LogP contribution >= 0.6 is 0 Å². The van der Waals surface area contributed by atoms with Crippen molar-refractivity contribution in [1.82, 2.24) is 0 Å². The van der Waals surface area contributed by atoms with E-state index in [-0.39, 0.29) is 0 Å². The molecule has 0 spiro atoms. The minimum absolute atomic E-state index is 0.485. The predicted octanol–water partition coefficient (Wildman–Crippen LogP) is 4.35. The molecule has 1 aromatic rings. The minimum atomic E-state index is -0.528. The molecule has 0 saturated heterocycles. The Bertz CT molecular complexity index is 457. The highest BCUT2D eigenvalue weighted by molar-refractivity contribution is 5.40. The Balaban J connectivity index is 1.84. The second-order valence-corrected chi connectivity index (χ2v) is 6.71. The fourth-order valence-corrected chi connectivity index (χ4v) is 4.24. The van der Waals surface area contributed by atoms with Gasteiger partial charge in [-0.15, -0.1) is 0 Å². The Labute approximate surface area is 117 Å². The van der Waals surface area contributed by atoms with Gasteiger partial charge in [-0.1, -0.05) is 49.9 Å². The fraction of sp³-hybridized carbons (Fsp3) is 0.667. The average molecular weight is 258 g/mol. The van der Waals surface area contributed by atoms with Gasteiger partial charge in [-0.05, 0) is 55.6 Å². The first-order valence-electron chi connectivity index (χ1n) is 7.96. The Morgan fingerprint density at radius 1 is 1.21 bits per heavy atom. The molecule has 19 heavy (non-hydrogen) atoms. The van der Waals surface area contributed by atoms with E-state index >= 15 is 0 Å². The minimum Gasteiger partial charge on any atom is -0.385 e. The number of rotatable bonds is 2. The molecule has 1 saturated carbocycles. The summed E-state index contributed by atoms with van der Waals surface area (Å²) in [5.41, 5.74) is 3.37. The van der Waals surface area contributed by atoms with Gasteiger partial charge in [0, 0.05) is 0 Å². The summed E-state index contributed by atoms with van der Waals surface area (Å²) in [5.74, 6) is 1.39. The van der Waals surface area contributed by atoms with Crippen LogP contribution in [0.25, 0.3) is 0 Å². The Morgan fingerprint density at radius 3 is 2.63 bits per heavy atom. The molecule has 0 radical (unpaired) electrons. The maximum absolute atomic E-state index is 11.3. The van der Waals surface area contributed by atoms with E-state index in [0.29, 0.717) is 5.92 Å². The summed E-state index contributed by atoms with van der Waals surface area (Å²) in [5, 5.41) is 11.3. The van der Waals surface area contributed by atoms with E-state index in [4.69, 9.17) is 0 Å². The largest absolute Gasteiger partial charge is 0.385 e. The van der Waals surface area contributed by atoms with E-state index < -0.39 is 5.60 Å². The predicted molar refractivity (Wildman–Crippen MR) is 79.1 cm³/mol. The van der Waals surface area contributed by atoms with Crippen molar-refractivity contribution in [3.05, 3.63) is 34.9 Å². The van der Waals surface area contributed by atoms with Crippen molar-refractivity contribution in [3.8, 4) is 0 Å². The quantitative estimate of drug-likeness (QED) is 0.836. The van der Waals surface area contributed by atoms with Crippen molar-refractivity contribution in [3.63, 3.8) is 0 Å². The fourth-order valence-electron chi connectivity index (χ4n) is 4.24. The molecule has 2 aliphatic rings. The lowest BCUT2D eigenvalue weighted by atomic mass is 9.70. The smallest absolute Gasteiger partial charge is 0.0930 e. The summed E-state index contributed by atoms with van der Waals surface area (Å²) in [7, 11) is 0. The number of hydrogen-bond donors (Lipinski definition) is 1. The lowest BCUT2D eigenvalue weighted by Gasteiger charge is -2.38. The van der Waals surface area contributed by atoms with Crippen molar-refractivity contribution < 1.29 is 5.11 Å². The van der Waals surface area contributed by atoms with Gasteiger partial charge in [-0.25, -0.2) is 0 Å². The van der Waals surface area contributed by atoms with Crippen LogP contribution in [-0.2, 0) is 12.0 Å². The van der Waals surface area contributed by atoms with Crippen LogP contribution < -0.4 is 0 Å². The van der Waals surface area contributed by atoms with Crippen molar-refractivity contribution in [1.29, 1.82) is 0 Å². The maximum atomic E-state index is 11.3. The molecule has 1 aromatic carbocycles. The SMILES string of the molecule is CCC1CCC(C2(O)CCc3ccc(C)cc32)CC1. The number of hydrogen-bond acceptors (Lipinski definition) is 1. The monoisotopic (exact) mass is 258 g/mol. The van der Waals surface area contributed by atoms with E-state index in [1.54, 1.807) is 0 Å². The average Bonchev–Trinajstić information content (AvgIpc) is 2.77. The summed E-state index contributed by atoms with van der Waals surface area (Å²) in [6, 6.07) is 6.63. The van der Waals surface area contributed by atoms with Gasteiger partial charge < -0.3 is 5.11 Å². The van der Waals surface area contributed by atoms with E-state index in [2.05, 4.69) is 32.0 Å². The molecule has 0 amide bonds. The standard InChI is InChI=1S/C18H26O/c1-3-14-5-8-16(9-6-14)18(19)11-10-15-7-4-13(2)12-17(15)18/h4,7,12,14,16,19H,3,5-6,8-11H2,1-2H3. The molecule has 1 heteroatoms. The number of aryl methyl sites for hydroxylation is 2. The highest BCUT2D eigenvalue weighted by Gasteiger charge is 2.44. The Kier molecular flexibility index (Phi) is 3.42. The van der Waals surface area contributed by atoms with Gasteiger partial charge in [0.1, 0.15) is 0 Å². The van der Waals surface area contributed by atoms with Crippen molar-refractivity contribution >= 4 is 0 Å². The van der Waals surface area contributed by atoms with Crippen LogP contribution in [-0.4, -0.2) is 5.11 Å². The molecule has 1 nitrogen and oxygen atoms in total. The molecule has 0 bridgehead atoms. The first-order valence-corrected chi connectivity index (χ1v) is 7.96. The highest BCUT2D eigenvalue weighted by Crippen LogP contribution is 2.48. The maximum Gasteiger partial charge on any atom is 0.0930 e. The number of aliphatic hydroxyl groups is 1. The third-order valence-corrected chi connectivity index (χ3v) is 5.61. The lowest BCUT2D eigenvalue weighted by Crippen LogP contribution is -2.35. The zero-order valence-electron chi connectivity index (χ0n) is 12.3. The summed E-state index contributed by atoms with van der Waals surface area (Å²) in [4.78, 5) is 0. The molecule has 0 aliphatic heterocycles. The molecule has 0 aromatic heterocycles. The summed E-state index contributed by atoms with van der Waals surface area (Å²) < 4.78 is 0. The van der Waals surface area contributed by atoms with E-state index in [9.17, 15) is 5.11 Å².